The maximum absolute atomic E-state index is 12.9. The molecule has 3 heterocycles. The first-order valence-corrected chi connectivity index (χ1v) is 11.0. The smallest absolute Gasteiger partial charge is 0.225 e. The molecule has 3 fully saturated rings. The molecule has 2 amide bonds. The van der Waals surface area contributed by atoms with Gasteiger partial charge in [-0.3, -0.25) is 14.6 Å². The largest absolute Gasteiger partial charge is 0.342 e. The van der Waals surface area contributed by atoms with Gasteiger partial charge >= 0.3 is 0 Å². The maximum Gasteiger partial charge on any atom is 0.225 e. The molecule has 1 saturated carbocycles. The van der Waals surface area contributed by atoms with Crippen molar-refractivity contribution in [2.45, 2.75) is 64.8 Å². The lowest BCUT2D eigenvalue weighted by Gasteiger charge is -2.48. The molecule has 0 N–H and O–H groups in total. The zero-order valence-electron chi connectivity index (χ0n) is 17.1. The van der Waals surface area contributed by atoms with Crippen LogP contribution in [0.15, 0.2) is 24.5 Å². The van der Waals surface area contributed by atoms with E-state index in [1.54, 1.807) is 12.4 Å². The second-order valence-electron chi connectivity index (χ2n) is 9.39. The standard InChI is InChI=1S/C23H33N3O2/c1-18-2-4-20(5-3-18)22(28)25-14-10-23(11-15-25)9-6-21(27)26(17-23)16-19-7-12-24-13-8-19/h7-8,12-13,18,20H,2-6,9-11,14-17H2,1H3. The van der Waals surface area contributed by atoms with Crippen LogP contribution in [0.4, 0.5) is 0 Å². The van der Waals surface area contributed by atoms with E-state index < -0.39 is 0 Å². The van der Waals surface area contributed by atoms with E-state index in [-0.39, 0.29) is 17.2 Å². The minimum absolute atomic E-state index is 0.193. The average molecular weight is 384 g/mol. The summed E-state index contributed by atoms with van der Waals surface area (Å²) >= 11 is 0. The summed E-state index contributed by atoms with van der Waals surface area (Å²) in [5, 5.41) is 0. The van der Waals surface area contributed by atoms with Crippen molar-refractivity contribution in [2.75, 3.05) is 19.6 Å². The molecule has 5 nitrogen and oxygen atoms in total. The first-order chi connectivity index (χ1) is 13.5. The lowest BCUT2D eigenvalue weighted by molar-refractivity contribution is -0.145. The number of carbonyl (C=O) groups excluding carboxylic acids is 2. The highest BCUT2D eigenvalue weighted by Crippen LogP contribution is 2.41. The van der Waals surface area contributed by atoms with Crippen LogP contribution in [0.2, 0.25) is 0 Å². The molecule has 0 radical (unpaired) electrons. The van der Waals surface area contributed by atoms with Crippen molar-refractivity contribution in [1.29, 1.82) is 0 Å². The van der Waals surface area contributed by atoms with Crippen LogP contribution in [-0.2, 0) is 16.1 Å². The van der Waals surface area contributed by atoms with E-state index in [1.807, 2.05) is 17.0 Å². The third-order valence-corrected chi connectivity index (χ3v) is 7.37. The highest BCUT2D eigenvalue weighted by molar-refractivity contribution is 5.79. The maximum atomic E-state index is 12.9. The van der Waals surface area contributed by atoms with Crippen molar-refractivity contribution in [3.8, 4) is 0 Å². The Hall–Kier alpha value is -1.91. The number of hydrogen-bond acceptors (Lipinski definition) is 3. The topological polar surface area (TPSA) is 53.5 Å². The Morgan fingerprint density at radius 2 is 1.79 bits per heavy atom. The van der Waals surface area contributed by atoms with E-state index in [2.05, 4.69) is 16.8 Å². The van der Waals surface area contributed by atoms with Crippen LogP contribution in [-0.4, -0.2) is 46.2 Å². The molecule has 5 heteroatoms. The number of likely N-dealkylation sites (tertiary alicyclic amines) is 2. The number of rotatable bonds is 3. The van der Waals surface area contributed by atoms with Gasteiger partial charge in [-0.05, 0) is 74.0 Å². The monoisotopic (exact) mass is 383 g/mol. The van der Waals surface area contributed by atoms with Crippen LogP contribution >= 0.6 is 0 Å². The zero-order chi connectivity index (χ0) is 19.6. The van der Waals surface area contributed by atoms with Gasteiger partial charge in [0.15, 0.2) is 0 Å². The molecule has 28 heavy (non-hydrogen) atoms. The summed E-state index contributed by atoms with van der Waals surface area (Å²) in [6.07, 6.45) is 11.8. The van der Waals surface area contributed by atoms with E-state index >= 15 is 0 Å². The summed E-state index contributed by atoms with van der Waals surface area (Å²) < 4.78 is 0. The first-order valence-electron chi connectivity index (χ1n) is 11.0. The van der Waals surface area contributed by atoms with Gasteiger partial charge in [-0.2, -0.15) is 0 Å². The fraction of sp³-hybridized carbons (Fsp3) is 0.696. The Morgan fingerprint density at radius 1 is 1.11 bits per heavy atom. The molecule has 0 bridgehead atoms. The van der Waals surface area contributed by atoms with Gasteiger partial charge in [0.2, 0.25) is 11.8 Å². The van der Waals surface area contributed by atoms with Gasteiger partial charge in [0, 0.05) is 50.9 Å². The Labute approximate surface area is 168 Å². The van der Waals surface area contributed by atoms with E-state index in [9.17, 15) is 9.59 Å². The van der Waals surface area contributed by atoms with Crippen molar-refractivity contribution >= 4 is 11.8 Å². The Kier molecular flexibility index (Phi) is 5.70. The van der Waals surface area contributed by atoms with Gasteiger partial charge in [0.1, 0.15) is 0 Å². The summed E-state index contributed by atoms with van der Waals surface area (Å²) in [5.41, 5.74) is 1.33. The van der Waals surface area contributed by atoms with Crippen LogP contribution < -0.4 is 0 Å². The summed E-state index contributed by atoms with van der Waals surface area (Å²) in [6.45, 7) is 5.53. The number of amides is 2. The molecule has 1 aromatic heterocycles. The fourth-order valence-electron chi connectivity index (χ4n) is 5.33. The number of aromatic nitrogens is 1. The zero-order valence-corrected chi connectivity index (χ0v) is 17.1. The molecule has 0 atom stereocenters. The SMILES string of the molecule is CC1CCC(C(=O)N2CCC3(CCC(=O)N(Cc4ccncc4)C3)CC2)CC1. The molecule has 0 aromatic carbocycles. The number of nitrogens with zero attached hydrogens (tertiary/aromatic N) is 3. The molecule has 3 aliphatic rings. The van der Waals surface area contributed by atoms with Crippen LogP contribution in [0.5, 0.6) is 0 Å². The summed E-state index contributed by atoms with van der Waals surface area (Å²) in [4.78, 5) is 33.6. The van der Waals surface area contributed by atoms with Crippen LogP contribution in [0.1, 0.15) is 63.9 Å². The lowest BCUT2D eigenvalue weighted by Crippen LogP contribution is -2.52. The van der Waals surface area contributed by atoms with Gasteiger partial charge in [0.25, 0.3) is 0 Å². The average Bonchev–Trinajstić information content (AvgIpc) is 2.72. The predicted molar refractivity (Wildman–Crippen MR) is 108 cm³/mol. The number of piperidine rings is 2. The molecule has 152 valence electrons. The molecule has 2 aliphatic heterocycles. The molecule has 2 saturated heterocycles. The van der Waals surface area contributed by atoms with E-state index in [0.717, 1.165) is 63.2 Å². The Bertz CT molecular complexity index is 689. The van der Waals surface area contributed by atoms with E-state index in [0.29, 0.717) is 18.9 Å². The van der Waals surface area contributed by atoms with Crippen LogP contribution in [0.25, 0.3) is 0 Å². The number of pyridine rings is 1. The highest BCUT2D eigenvalue weighted by atomic mass is 16.2. The third-order valence-electron chi connectivity index (χ3n) is 7.37. The summed E-state index contributed by atoms with van der Waals surface area (Å²) in [5.74, 6) is 1.68. The lowest BCUT2D eigenvalue weighted by atomic mass is 9.72. The molecule has 1 aromatic rings. The first kappa shape index (κ1) is 19.4. The van der Waals surface area contributed by atoms with Crippen molar-refractivity contribution in [1.82, 2.24) is 14.8 Å². The Balaban J connectivity index is 1.34. The van der Waals surface area contributed by atoms with E-state index in [4.69, 9.17) is 0 Å². The molecular weight excluding hydrogens is 350 g/mol. The minimum Gasteiger partial charge on any atom is -0.342 e. The van der Waals surface area contributed by atoms with Crippen molar-refractivity contribution in [3.05, 3.63) is 30.1 Å². The van der Waals surface area contributed by atoms with Crippen LogP contribution in [0.3, 0.4) is 0 Å². The fourth-order valence-corrected chi connectivity index (χ4v) is 5.33. The van der Waals surface area contributed by atoms with Gasteiger partial charge in [-0.15, -0.1) is 0 Å². The minimum atomic E-state index is 0.193. The molecule has 1 aliphatic carbocycles. The van der Waals surface area contributed by atoms with Gasteiger partial charge < -0.3 is 9.80 Å². The molecule has 4 rings (SSSR count). The van der Waals surface area contributed by atoms with Crippen molar-refractivity contribution in [2.24, 2.45) is 17.3 Å². The highest BCUT2D eigenvalue weighted by Gasteiger charge is 2.42. The normalized spacial score (nSPS) is 27.8. The van der Waals surface area contributed by atoms with Gasteiger partial charge in [-0.25, -0.2) is 0 Å². The predicted octanol–water partition coefficient (Wildman–Crippen LogP) is 3.64. The summed E-state index contributed by atoms with van der Waals surface area (Å²) in [6, 6.07) is 3.97. The quantitative estimate of drug-likeness (QED) is 0.801. The van der Waals surface area contributed by atoms with Crippen LogP contribution in [0, 0.1) is 17.3 Å². The van der Waals surface area contributed by atoms with Crippen molar-refractivity contribution in [3.63, 3.8) is 0 Å². The van der Waals surface area contributed by atoms with Crippen molar-refractivity contribution < 1.29 is 9.59 Å². The van der Waals surface area contributed by atoms with Gasteiger partial charge in [0.05, 0.1) is 0 Å². The number of hydrogen-bond donors (Lipinski definition) is 0. The third kappa shape index (κ3) is 4.23. The van der Waals surface area contributed by atoms with Gasteiger partial charge in [-0.1, -0.05) is 6.92 Å². The molecule has 1 spiro atoms. The Morgan fingerprint density at radius 3 is 2.46 bits per heavy atom. The molecular formula is C23H33N3O2. The summed E-state index contributed by atoms with van der Waals surface area (Å²) in [7, 11) is 0. The van der Waals surface area contributed by atoms with E-state index in [1.165, 1.54) is 12.8 Å². The molecule has 0 unspecified atom stereocenters. The number of carbonyl (C=O) groups is 2. The second-order valence-corrected chi connectivity index (χ2v) is 9.39. The second kappa shape index (κ2) is 8.22.